The van der Waals surface area contributed by atoms with Gasteiger partial charge in [0.25, 0.3) is 0 Å². The second kappa shape index (κ2) is 5.45. The Morgan fingerprint density at radius 2 is 2.11 bits per heavy atom. The normalized spacial score (nSPS) is 11.1. The molecule has 0 aliphatic carbocycles. The van der Waals surface area contributed by atoms with Crippen molar-refractivity contribution in [2.45, 2.75) is 33.2 Å². The number of ether oxygens (including phenoxy) is 1. The molecule has 0 bridgehead atoms. The average Bonchev–Trinajstić information content (AvgIpc) is 2.79. The van der Waals surface area contributed by atoms with Gasteiger partial charge in [-0.05, 0) is 30.5 Å². The van der Waals surface area contributed by atoms with Gasteiger partial charge < -0.3 is 14.9 Å². The fraction of sp³-hybridized carbons (Fsp3) is 0.400. The molecule has 1 aromatic carbocycles. The zero-order valence-electron chi connectivity index (χ0n) is 11.9. The highest BCUT2D eigenvalue weighted by Crippen LogP contribution is 2.35. The van der Waals surface area contributed by atoms with Gasteiger partial charge in [-0.15, -0.1) is 0 Å². The van der Waals surface area contributed by atoms with Gasteiger partial charge in [0, 0.05) is 0 Å². The second-order valence-electron chi connectivity index (χ2n) is 4.84. The van der Waals surface area contributed by atoms with Crippen molar-refractivity contribution < 1.29 is 9.15 Å². The van der Waals surface area contributed by atoms with Crippen LogP contribution >= 0.6 is 0 Å². The summed E-state index contributed by atoms with van der Waals surface area (Å²) in [4.78, 5) is 4.31. The van der Waals surface area contributed by atoms with E-state index in [0.29, 0.717) is 18.4 Å². The summed E-state index contributed by atoms with van der Waals surface area (Å²) in [6.07, 6.45) is 0. The van der Waals surface area contributed by atoms with Crippen molar-refractivity contribution in [2.75, 3.05) is 7.11 Å². The molecule has 0 aliphatic rings. The molecule has 1 heterocycles. The molecular weight excluding hydrogens is 240 g/mol. The lowest BCUT2D eigenvalue weighted by Gasteiger charge is -2.11. The molecule has 0 aliphatic heterocycles. The lowest BCUT2D eigenvalue weighted by molar-refractivity contribution is 0.413. The van der Waals surface area contributed by atoms with Gasteiger partial charge in [-0.2, -0.15) is 0 Å². The standard InChI is InChI=1S/C15H20N2O2/c1-9(2)11-5-6-13(18-4)12(7-11)15-10(3)17-14(8-16)19-15/h5-7,9H,8,16H2,1-4H3. The quantitative estimate of drug-likeness (QED) is 0.916. The monoisotopic (exact) mass is 260 g/mol. The van der Waals surface area contributed by atoms with E-state index in [0.717, 1.165) is 22.8 Å². The lowest BCUT2D eigenvalue weighted by atomic mass is 9.99. The molecule has 0 saturated heterocycles. The van der Waals surface area contributed by atoms with E-state index in [1.165, 1.54) is 5.56 Å². The molecule has 0 radical (unpaired) electrons. The van der Waals surface area contributed by atoms with Gasteiger partial charge in [-0.1, -0.05) is 19.9 Å². The molecule has 0 amide bonds. The Kier molecular flexibility index (Phi) is 3.90. The van der Waals surface area contributed by atoms with Crippen LogP contribution in [0, 0.1) is 6.92 Å². The summed E-state index contributed by atoms with van der Waals surface area (Å²) in [5.41, 5.74) is 8.57. The van der Waals surface area contributed by atoms with Crippen LogP contribution in [-0.2, 0) is 6.54 Å². The Hall–Kier alpha value is -1.81. The first kappa shape index (κ1) is 13.6. The van der Waals surface area contributed by atoms with Gasteiger partial charge in [-0.3, -0.25) is 0 Å². The number of nitrogens with two attached hydrogens (primary N) is 1. The largest absolute Gasteiger partial charge is 0.496 e. The van der Waals surface area contributed by atoms with E-state index < -0.39 is 0 Å². The Bertz CT molecular complexity index is 574. The molecule has 2 rings (SSSR count). The van der Waals surface area contributed by atoms with Crippen LogP contribution in [0.4, 0.5) is 0 Å². The number of rotatable bonds is 4. The first-order chi connectivity index (χ1) is 9.06. The third kappa shape index (κ3) is 2.63. The molecule has 4 nitrogen and oxygen atoms in total. The second-order valence-corrected chi connectivity index (χ2v) is 4.84. The van der Waals surface area contributed by atoms with Crippen LogP contribution in [0.2, 0.25) is 0 Å². The molecule has 0 saturated carbocycles. The third-order valence-corrected chi connectivity index (χ3v) is 3.15. The number of methoxy groups -OCH3 is 1. The maximum atomic E-state index is 5.71. The molecule has 102 valence electrons. The summed E-state index contributed by atoms with van der Waals surface area (Å²) < 4.78 is 11.1. The number of oxazole rings is 1. The number of aromatic nitrogens is 1. The highest BCUT2D eigenvalue weighted by molar-refractivity contribution is 5.68. The van der Waals surface area contributed by atoms with Gasteiger partial charge in [-0.25, -0.2) is 4.98 Å². The Morgan fingerprint density at radius 1 is 1.37 bits per heavy atom. The summed E-state index contributed by atoms with van der Waals surface area (Å²) in [6.45, 7) is 6.53. The molecule has 4 heteroatoms. The number of hydrogen-bond acceptors (Lipinski definition) is 4. The maximum Gasteiger partial charge on any atom is 0.208 e. The van der Waals surface area contributed by atoms with Crippen molar-refractivity contribution in [2.24, 2.45) is 5.73 Å². The molecular formula is C15H20N2O2. The molecule has 0 unspecified atom stereocenters. The topological polar surface area (TPSA) is 61.3 Å². The van der Waals surface area contributed by atoms with E-state index >= 15 is 0 Å². The SMILES string of the molecule is COc1ccc(C(C)C)cc1-c1oc(CN)nc1C. The Morgan fingerprint density at radius 3 is 2.63 bits per heavy atom. The number of hydrogen-bond donors (Lipinski definition) is 1. The van der Waals surface area contributed by atoms with E-state index in [1.807, 2.05) is 13.0 Å². The van der Waals surface area contributed by atoms with Crippen molar-refractivity contribution >= 4 is 0 Å². The van der Waals surface area contributed by atoms with Crippen molar-refractivity contribution in [3.63, 3.8) is 0 Å². The summed E-state index contributed by atoms with van der Waals surface area (Å²) in [6, 6.07) is 6.13. The predicted molar refractivity (Wildman–Crippen MR) is 75.2 cm³/mol. The van der Waals surface area contributed by atoms with Crippen LogP contribution < -0.4 is 10.5 Å². The fourth-order valence-corrected chi connectivity index (χ4v) is 2.05. The Balaban J connectivity index is 2.57. The molecule has 1 aromatic heterocycles. The molecule has 0 spiro atoms. The predicted octanol–water partition coefficient (Wildman–Crippen LogP) is 3.24. The average molecular weight is 260 g/mol. The maximum absolute atomic E-state index is 5.71. The van der Waals surface area contributed by atoms with Gasteiger partial charge in [0.1, 0.15) is 5.75 Å². The smallest absolute Gasteiger partial charge is 0.208 e. The minimum atomic E-state index is 0.299. The van der Waals surface area contributed by atoms with Crippen LogP contribution in [0.15, 0.2) is 22.6 Å². The number of nitrogens with zero attached hydrogens (tertiary/aromatic N) is 1. The molecule has 0 atom stereocenters. The first-order valence-electron chi connectivity index (χ1n) is 6.41. The van der Waals surface area contributed by atoms with Gasteiger partial charge in [0.05, 0.1) is 24.9 Å². The zero-order valence-corrected chi connectivity index (χ0v) is 11.9. The van der Waals surface area contributed by atoms with Crippen molar-refractivity contribution in [3.05, 3.63) is 35.3 Å². The van der Waals surface area contributed by atoms with E-state index in [-0.39, 0.29) is 0 Å². The Labute approximate surface area is 113 Å². The van der Waals surface area contributed by atoms with Crippen LogP contribution in [0.25, 0.3) is 11.3 Å². The van der Waals surface area contributed by atoms with Crippen molar-refractivity contribution in [1.82, 2.24) is 4.98 Å². The van der Waals surface area contributed by atoms with Crippen LogP contribution in [-0.4, -0.2) is 12.1 Å². The van der Waals surface area contributed by atoms with Crippen molar-refractivity contribution in [3.8, 4) is 17.1 Å². The van der Waals surface area contributed by atoms with E-state index in [2.05, 4.69) is 31.0 Å². The van der Waals surface area contributed by atoms with E-state index in [4.69, 9.17) is 14.9 Å². The summed E-state index contributed by atoms with van der Waals surface area (Å²) >= 11 is 0. The summed E-state index contributed by atoms with van der Waals surface area (Å²) in [5, 5.41) is 0. The van der Waals surface area contributed by atoms with E-state index in [1.54, 1.807) is 7.11 Å². The van der Waals surface area contributed by atoms with Crippen LogP contribution in [0.1, 0.15) is 36.9 Å². The summed E-state index contributed by atoms with van der Waals surface area (Å²) in [7, 11) is 1.66. The zero-order chi connectivity index (χ0) is 14.0. The molecule has 19 heavy (non-hydrogen) atoms. The van der Waals surface area contributed by atoms with Crippen molar-refractivity contribution in [1.29, 1.82) is 0 Å². The molecule has 2 N–H and O–H groups in total. The number of benzene rings is 1. The minimum absolute atomic E-state index is 0.299. The van der Waals surface area contributed by atoms with Gasteiger partial charge in [0.2, 0.25) is 5.89 Å². The molecule has 2 aromatic rings. The van der Waals surface area contributed by atoms with E-state index in [9.17, 15) is 0 Å². The van der Waals surface area contributed by atoms with Gasteiger partial charge >= 0.3 is 0 Å². The third-order valence-electron chi connectivity index (χ3n) is 3.15. The van der Waals surface area contributed by atoms with Gasteiger partial charge in [0.15, 0.2) is 5.76 Å². The highest BCUT2D eigenvalue weighted by Gasteiger charge is 2.16. The number of aryl methyl sites for hydroxylation is 1. The molecule has 0 fully saturated rings. The van der Waals surface area contributed by atoms with Crippen LogP contribution in [0.5, 0.6) is 5.75 Å². The lowest BCUT2D eigenvalue weighted by Crippen LogP contribution is -1.95. The minimum Gasteiger partial charge on any atom is -0.496 e. The fourth-order valence-electron chi connectivity index (χ4n) is 2.05. The first-order valence-corrected chi connectivity index (χ1v) is 6.41. The summed E-state index contributed by atoms with van der Waals surface area (Å²) in [5.74, 6) is 2.51. The highest BCUT2D eigenvalue weighted by atomic mass is 16.5. The van der Waals surface area contributed by atoms with Crippen LogP contribution in [0.3, 0.4) is 0 Å².